The standard InChI is InChI=1S/C19H16F5N5O2S/c1-4-32(30)13-5-11(31-17(2,3)9-25)7-26-16(13)12-8-29-10-27-14(6-15(29)28-12)18(20,21)19(22,23)24/h5-8,10H,4H2,1-3H3. The van der Waals surface area contributed by atoms with Crippen LogP contribution in [0, 0.1) is 11.3 Å². The number of nitrogens with zero attached hydrogens (tertiary/aromatic N) is 5. The lowest BCUT2D eigenvalue weighted by atomic mass is 10.2. The van der Waals surface area contributed by atoms with Crippen molar-refractivity contribution in [2.45, 2.75) is 43.4 Å². The summed E-state index contributed by atoms with van der Waals surface area (Å²) in [6.45, 7) is 4.72. The number of rotatable bonds is 6. The van der Waals surface area contributed by atoms with Gasteiger partial charge in [0.15, 0.2) is 5.60 Å². The molecule has 0 radical (unpaired) electrons. The molecule has 3 aromatic heterocycles. The first-order valence-electron chi connectivity index (χ1n) is 9.08. The number of pyridine rings is 1. The smallest absolute Gasteiger partial charge is 0.459 e. The van der Waals surface area contributed by atoms with Crippen LogP contribution in [0.3, 0.4) is 0 Å². The van der Waals surface area contributed by atoms with Crippen LogP contribution in [-0.2, 0) is 16.7 Å². The fourth-order valence-electron chi connectivity index (χ4n) is 2.64. The van der Waals surface area contributed by atoms with E-state index in [1.807, 2.05) is 6.07 Å². The first-order valence-corrected chi connectivity index (χ1v) is 10.4. The first-order chi connectivity index (χ1) is 14.8. The van der Waals surface area contributed by atoms with Crippen LogP contribution in [0.4, 0.5) is 22.0 Å². The Hall–Kier alpha value is -3.14. The van der Waals surface area contributed by atoms with Crippen molar-refractivity contribution >= 4 is 16.4 Å². The van der Waals surface area contributed by atoms with E-state index in [2.05, 4.69) is 15.0 Å². The Morgan fingerprint density at radius 1 is 1.19 bits per heavy atom. The average molecular weight is 473 g/mol. The molecule has 170 valence electrons. The van der Waals surface area contributed by atoms with Gasteiger partial charge < -0.3 is 4.74 Å². The van der Waals surface area contributed by atoms with Gasteiger partial charge in [-0.15, -0.1) is 0 Å². The van der Waals surface area contributed by atoms with Crippen molar-refractivity contribution in [1.82, 2.24) is 19.4 Å². The molecule has 0 aliphatic heterocycles. The second-order valence-corrected chi connectivity index (χ2v) is 8.82. The molecule has 0 saturated carbocycles. The lowest BCUT2D eigenvalue weighted by molar-refractivity contribution is -0.290. The molecule has 0 saturated heterocycles. The van der Waals surface area contributed by atoms with Crippen molar-refractivity contribution in [3.8, 4) is 23.2 Å². The summed E-state index contributed by atoms with van der Waals surface area (Å²) in [4.78, 5) is 11.7. The summed E-state index contributed by atoms with van der Waals surface area (Å²) < 4.78 is 84.5. The Labute approximate surface area is 181 Å². The van der Waals surface area contributed by atoms with Gasteiger partial charge in [-0.1, -0.05) is 6.92 Å². The Morgan fingerprint density at radius 2 is 1.88 bits per heavy atom. The molecule has 3 aromatic rings. The summed E-state index contributed by atoms with van der Waals surface area (Å²) in [5.74, 6) is -4.77. The number of imidazole rings is 1. The molecule has 3 heterocycles. The van der Waals surface area contributed by atoms with E-state index < -0.39 is 34.2 Å². The number of aromatic nitrogens is 4. The van der Waals surface area contributed by atoms with Crippen LogP contribution in [0.5, 0.6) is 5.75 Å². The van der Waals surface area contributed by atoms with Gasteiger partial charge in [0, 0.05) is 24.1 Å². The van der Waals surface area contributed by atoms with Crippen molar-refractivity contribution in [2.24, 2.45) is 0 Å². The SMILES string of the molecule is CCS(=O)c1cc(OC(C)(C)C#N)cnc1-c1cn2cnc(C(F)(F)C(F)(F)F)cc2n1. The van der Waals surface area contributed by atoms with Gasteiger partial charge in [0.05, 0.1) is 21.9 Å². The number of hydrogen-bond donors (Lipinski definition) is 0. The van der Waals surface area contributed by atoms with Gasteiger partial charge in [-0.05, 0) is 13.8 Å². The number of hydrogen-bond acceptors (Lipinski definition) is 6. The molecule has 0 aliphatic rings. The van der Waals surface area contributed by atoms with Crippen molar-refractivity contribution in [2.75, 3.05) is 5.75 Å². The maximum atomic E-state index is 13.6. The normalized spacial score (nSPS) is 13.7. The maximum absolute atomic E-state index is 13.6. The minimum atomic E-state index is -5.81. The monoisotopic (exact) mass is 473 g/mol. The Morgan fingerprint density at radius 3 is 2.47 bits per heavy atom. The van der Waals surface area contributed by atoms with Gasteiger partial charge in [0.1, 0.15) is 40.9 Å². The molecule has 0 aromatic carbocycles. The largest absolute Gasteiger partial charge is 0.471 e. The van der Waals surface area contributed by atoms with E-state index in [1.54, 1.807) is 6.92 Å². The average Bonchev–Trinajstić information content (AvgIpc) is 3.15. The molecule has 0 spiro atoms. The van der Waals surface area contributed by atoms with Crippen LogP contribution in [-0.4, -0.2) is 41.1 Å². The van der Waals surface area contributed by atoms with E-state index in [4.69, 9.17) is 10.00 Å². The minimum Gasteiger partial charge on any atom is -0.471 e. The second kappa shape index (κ2) is 8.09. The zero-order valence-corrected chi connectivity index (χ0v) is 17.8. The molecule has 1 atom stereocenters. The van der Waals surface area contributed by atoms with E-state index in [0.717, 1.165) is 10.7 Å². The van der Waals surface area contributed by atoms with Crippen molar-refractivity contribution in [1.29, 1.82) is 5.26 Å². The molecular formula is C19H16F5N5O2S. The molecule has 1 unspecified atom stereocenters. The van der Waals surface area contributed by atoms with Gasteiger partial charge in [0.2, 0.25) is 0 Å². The van der Waals surface area contributed by atoms with Crippen LogP contribution >= 0.6 is 0 Å². The summed E-state index contributed by atoms with van der Waals surface area (Å²) >= 11 is 0. The summed E-state index contributed by atoms with van der Waals surface area (Å²) in [6, 6.07) is 3.91. The summed E-state index contributed by atoms with van der Waals surface area (Å²) in [5.41, 5.74) is -2.69. The van der Waals surface area contributed by atoms with E-state index >= 15 is 0 Å². The van der Waals surface area contributed by atoms with Crippen molar-refractivity contribution < 1.29 is 30.9 Å². The van der Waals surface area contributed by atoms with Gasteiger partial charge in [-0.25, -0.2) is 15.0 Å². The molecule has 0 amide bonds. The molecule has 32 heavy (non-hydrogen) atoms. The second-order valence-electron chi connectivity index (χ2n) is 7.11. The third-order valence-corrected chi connectivity index (χ3v) is 5.57. The zero-order chi connectivity index (χ0) is 23.9. The van der Waals surface area contributed by atoms with Gasteiger partial charge in [0.25, 0.3) is 0 Å². The Bertz CT molecular complexity index is 1230. The molecule has 13 heteroatoms. The predicted octanol–water partition coefficient (Wildman–Crippen LogP) is 4.25. The van der Waals surface area contributed by atoms with Crippen molar-refractivity contribution in [3.05, 3.63) is 36.5 Å². The summed E-state index contributed by atoms with van der Waals surface area (Å²) in [7, 11) is -1.55. The lowest BCUT2D eigenvalue weighted by Crippen LogP contribution is -2.34. The molecule has 0 aliphatic carbocycles. The highest BCUT2D eigenvalue weighted by Gasteiger charge is 2.60. The first kappa shape index (κ1) is 23.5. The van der Waals surface area contributed by atoms with E-state index in [0.29, 0.717) is 6.07 Å². The quantitative estimate of drug-likeness (QED) is 0.497. The number of ether oxygens (including phenoxy) is 1. The Kier molecular flexibility index (Phi) is 5.94. The van der Waals surface area contributed by atoms with Crippen LogP contribution in [0.15, 0.2) is 35.7 Å². The van der Waals surface area contributed by atoms with E-state index in [-0.39, 0.29) is 33.4 Å². The fraction of sp³-hybridized carbons (Fsp3) is 0.368. The van der Waals surface area contributed by atoms with Gasteiger partial charge >= 0.3 is 12.1 Å². The number of fused-ring (bicyclic) bond motifs is 1. The number of nitriles is 1. The highest BCUT2D eigenvalue weighted by Crippen LogP contribution is 2.43. The van der Waals surface area contributed by atoms with Crippen LogP contribution in [0.25, 0.3) is 17.0 Å². The maximum Gasteiger partial charge on any atom is 0.459 e. The molecular weight excluding hydrogens is 457 g/mol. The van der Waals surface area contributed by atoms with E-state index in [1.165, 1.54) is 32.3 Å². The zero-order valence-electron chi connectivity index (χ0n) is 16.9. The topological polar surface area (TPSA) is 93.2 Å². The third-order valence-electron chi connectivity index (χ3n) is 4.25. The highest BCUT2D eigenvalue weighted by atomic mass is 32.2. The fourth-order valence-corrected chi connectivity index (χ4v) is 3.57. The van der Waals surface area contributed by atoms with Crippen LogP contribution in [0.2, 0.25) is 0 Å². The molecule has 3 rings (SSSR count). The highest BCUT2D eigenvalue weighted by molar-refractivity contribution is 7.85. The molecule has 0 bridgehead atoms. The van der Waals surface area contributed by atoms with Crippen molar-refractivity contribution in [3.63, 3.8) is 0 Å². The van der Waals surface area contributed by atoms with E-state index in [9.17, 15) is 26.2 Å². The lowest BCUT2D eigenvalue weighted by Gasteiger charge is -2.18. The van der Waals surface area contributed by atoms with Crippen LogP contribution in [0.1, 0.15) is 26.5 Å². The molecule has 0 N–H and O–H groups in total. The third kappa shape index (κ3) is 4.40. The molecule has 7 nitrogen and oxygen atoms in total. The van der Waals surface area contributed by atoms with Gasteiger partial charge in [-0.2, -0.15) is 27.2 Å². The summed E-state index contributed by atoms with van der Waals surface area (Å²) in [6.07, 6.45) is -2.44. The van der Waals surface area contributed by atoms with Gasteiger partial charge in [-0.3, -0.25) is 8.61 Å². The minimum absolute atomic E-state index is 0.0853. The van der Waals surface area contributed by atoms with Crippen LogP contribution < -0.4 is 4.74 Å². The molecule has 0 fully saturated rings. The number of alkyl halides is 5. The number of halogens is 5. The Balaban J connectivity index is 2.09. The summed E-state index contributed by atoms with van der Waals surface area (Å²) in [5, 5.41) is 9.13. The predicted molar refractivity (Wildman–Crippen MR) is 103 cm³/mol.